The first kappa shape index (κ1) is 20.7. The fourth-order valence-electron chi connectivity index (χ4n) is 4.16. The number of carbonyl (C=O) groups is 2. The quantitative estimate of drug-likeness (QED) is 0.770. The number of hydrogen-bond acceptors (Lipinski definition) is 3. The van der Waals surface area contributed by atoms with E-state index < -0.39 is 0 Å². The summed E-state index contributed by atoms with van der Waals surface area (Å²) >= 11 is 6.28. The molecule has 2 amide bonds. The van der Waals surface area contributed by atoms with Crippen LogP contribution in [-0.4, -0.2) is 51.1 Å². The van der Waals surface area contributed by atoms with Gasteiger partial charge in [0.15, 0.2) is 0 Å². The number of nitrogens with one attached hydrogen (secondary N) is 2. The van der Waals surface area contributed by atoms with Crippen LogP contribution in [0.25, 0.3) is 0 Å². The van der Waals surface area contributed by atoms with Crippen LogP contribution in [0.3, 0.4) is 0 Å². The fraction of sp³-hybridized carbons (Fsp3) is 0.391. The Labute approximate surface area is 182 Å². The summed E-state index contributed by atoms with van der Waals surface area (Å²) in [4.78, 5) is 30.5. The predicted octanol–water partition coefficient (Wildman–Crippen LogP) is 2.44. The number of nitrogens with zero attached hydrogens (tertiary/aromatic N) is 2. The summed E-state index contributed by atoms with van der Waals surface area (Å²) < 4.78 is 0. The SMILES string of the molecule is CC[NH+]1CCN(c2ccc(NC(=O)c3ccc(Cl)c(N4CCCC4=O)c3)cc2)CC1. The summed E-state index contributed by atoms with van der Waals surface area (Å²) in [7, 11) is 0. The van der Waals surface area contributed by atoms with Crippen LogP contribution in [0.1, 0.15) is 30.1 Å². The van der Waals surface area contributed by atoms with Crippen molar-refractivity contribution in [3.05, 3.63) is 53.1 Å². The molecule has 4 rings (SSSR count). The standard InChI is InChI=1S/C23H27ClN4O2/c1-2-26-12-14-27(15-13-26)19-8-6-18(7-9-19)25-23(30)17-5-10-20(24)21(16-17)28-11-3-4-22(28)29/h5-10,16H,2-4,11-15H2,1H3,(H,25,30)/p+1. The highest BCUT2D eigenvalue weighted by Gasteiger charge is 2.24. The Bertz CT molecular complexity index is 923. The van der Waals surface area contributed by atoms with Gasteiger partial charge in [0.05, 0.1) is 43.4 Å². The molecule has 0 atom stereocenters. The third kappa shape index (κ3) is 4.45. The predicted molar refractivity (Wildman–Crippen MR) is 121 cm³/mol. The van der Waals surface area contributed by atoms with Crippen LogP contribution in [0, 0.1) is 0 Å². The van der Waals surface area contributed by atoms with Crippen LogP contribution in [0.5, 0.6) is 0 Å². The van der Waals surface area contributed by atoms with E-state index >= 15 is 0 Å². The monoisotopic (exact) mass is 427 g/mol. The van der Waals surface area contributed by atoms with Gasteiger partial charge in [0.2, 0.25) is 5.91 Å². The summed E-state index contributed by atoms with van der Waals surface area (Å²) in [5.74, 6) is -0.168. The first-order chi connectivity index (χ1) is 14.5. The first-order valence-electron chi connectivity index (χ1n) is 10.6. The molecule has 0 bridgehead atoms. The molecule has 2 heterocycles. The summed E-state index contributed by atoms with van der Waals surface area (Å²) in [5.41, 5.74) is 3.02. The third-order valence-corrected chi connectivity index (χ3v) is 6.35. The zero-order valence-electron chi connectivity index (χ0n) is 17.3. The lowest BCUT2D eigenvalue weighted by molar-refractivity contribution is -0.898. The van der Waals surface area contributed by atoms with Gasteiger partial charge < -0.3 is 20.0 Å². The molecule has 0 unspecified atom stereocenters. The van der Waals surface area contributed by atoms with E-state index in [0.29, 0.717) is 29.2 Å². The van der Waals surface area contributed by atoms with Gasteiger partial charge in [-0.2, -0.15) is 0 Å². The van der Waals surface area contributed by atoms with Gasteiger partial charge in [-0.05, 0) is 55.8 Å². The third-order valence-electron chi connectivity index (χ3n) is 6.03. The number of piperazine rings is 1. The minimum absolute atomic E-state index is 0.0476. The second kappa shape index (κ2) is 9.06. The average Bonchev–Trinajstić information content (AvgIpc) is 3.20. The van der Waals surface area contributed by atoms with Gasteiger partial charge in [-0.15, -0.1) is 0 Å². The van der Waals surface area contributed by atoms with E-state index in [1.807, 2.05) is 12.1 Å². The molecule has 2 aromatic rings. The zero-order chi connectivity index (χ0) is 21.1. The number of anilines is 3. The van der Waals surface area contributed by atoms with Crippen LogP contribution in [-0.2, 0) is 4.79 Å². The van der Waals surface area contributed by atoms with Crippen LogP contribution in [0.4, 0.5) is 17.1 Å². The second-order valence-corrected chi connectivity index (χ2v) is 8.31. The molecule has 6 nitrogen and oxygen atoms in total. The minimum Gasteiger partial charge on any atom is -0.360 e. The topological polar surface area (TPSA) is 57.1 Å². The lowest BCUT2D eigenvalue weighted by Gasteiger charge is -2.33. The van der Waals surface area contributed by atoms with Crippen molar-refractivity contribution in [3.8, 4) is 0 Å². The van der Waals surface area contributed by atoms with Crippen LogP contribution in [0.2, 0.25) is 5.02 Å². The number of likely N-dealkylation sites (N-methyl/N-ethyl adjacent to an activating group) is 1. The molecule has 0 radical (unpaired) electrons. The average molecular weight is 428 g/mol. The molecule has 2 N–H and O–H groups in total. The molecule has 2 fully saturated rings. The van der Waals surface area contributed by atoms with Crippen molar-refractivity contribution in [2.45, 2.75) is 19.8 Å². The summed E-state index contributed by atoms with van der Waals surface area (Å²) in [6, 6.07) is 13.1. The van der Waals surface area contributed by atoms with Crippen molar-refractivity contribution in [2.75, 3.05) is 54.4 Å². The van der Waals surface area contributed by atoms with Crippen molar-refractivity contribution in [1.82, 2.24) is 0 Å². The zero-order valence-corrected chi connectivity index (χ0v) is 18.0. The van der Waals surface area contributed by atoms with Gasteiger partial charge in [0.25, 0.3) is 5.91 Å². The molecule has 7 heteroatoms. The van der Waals surface area contributed by atoms with Crippen molar-refractivity contribution in [3.63, 3.8) is 0 Å². The number of rotatable bonds is 5. The Kier molecular flexibility index (Phi) is 6.25. The molecule has 0 spiro atoms. The first-order valence-corrected chi connectivity index (χ1v) is 11.0. The molecule has 2 saturated heterocycles. The Balaban J connectivity index is 1.42. The highest BCUT2D eigenvalue weighted by molar-refractivity contribution is 6.34. The molecule has 2 aliphatic heterocycles. The molecule has 158 valence electrons. The van der Waals surface area contributed by atoms with Crippen LogP contribution >= 0.6 is 11.6 Å². The van der Waals surface area contributed by atoms with Gasteiger partial charge in [0.1, 0.15) is 0 Å². The minimum atomic E-state index is -0.215. The van der Waals surface area contributed by atoms with Gasteiger partial charge in [-0.25, -0.2) is 0 Å². The van der Waals surface area contributed by atoms with Gasteiger partial charge in [-0.3, -0.25) is 9.59 Å². The van der Waals surface area contributed by atoms with E-state index in [9.17, 15) is 9.59 Å². The number of quaternary nitrogens is 1. The Morgan fingerprint density at radius 2 is 1.83 bits per heavy atom. The maximum absolute atomic E-state index is 12.8. The maximum atomic E-state index is 12.8. The van der Waals surface area contributed by atoms with Gasteiger partial charge in [0, 0.05) is 29.9 Å². The van der Waals surface area contributed by atoms with Crippen molar-refractivity contribution >= 4 is 40.5 Å². The highest BCUT2D eigenvalue weighted by atomic mass is 35.5. The molecule has 0 aliphatic carbocycles. The smallest absolute Gasteiger partial charge is 0.255 e. The van der Waals surface area contributed by atoms with E-state index in [2.05, 4.69) is 29.3 Å². The largest absolute Gasteiger partial charge is 0.360 e. The summed E-state index contributed by atoms with van der Waals surface area (Å²) in [6.45, 7) is 8.47. The summed E-state index contributed by atoms with van der Waals surface area (Å²) in [5, 5.41) is 3.43. The molecule has 0 aromatic heterocycles. The number of hydrogen-bond donors (Lipinski definition) is 2. The van der Waals surface area contributed by atoms with Gasteiger partial charge >= 0.3 is 0 Å². The van der Waals surface area contributed by atoms with Crippen molar-refractivity contribution < 1.29 is 14.5 Å². The number of amides is 2. The number of halogens is 1. The fourth-order valence-corrected chi connectivity index (χ4v) is 4.38. The van der Waals surface area contributed by atoms with E-state index in [1.165, 1.54) is 12.2 Å². The molecule has 30 heavy (non-hydrogen) atoms. The van der Waals surface area contributed by atoms with Crippen LogP contribution in [0.15, 0.2) is 42.5 Å². The second-order valence-electron chi connectivity index (χ2n) is 7.91. The highest BCUT2D eigenvalue weighted by Crippen LogP contribution is 2.30. The Hall–Kier alpha value is -2.57. The lowest BCUT2D eigenvalue weighted by atomic mass is 10.1. The van der Waals surface area contributed by atoms with Crippen LogP contribution < -0.4 is 20.0 Å². The number of benzene rings is 2. The summed E-state index contributed by atoms with van der Waals surface area (Å²) in [6.07, 6.45) is 1.33. The molecule has 0 saturated carbocycles. The molecular formula is C23H28ClN4O2+. The van der Waals surface area contributed by atoms with Crippen molar-refractivity contribution in [2.24, 2.45) is 0 Å². The number of carbonyl (C=O) groups excluding carboxylic acids is 2. The maximum Gasteiger partial charge on any atom is 0.255 e. The van der Waals surface area contributed by atoms with Gasteiger partial charge in [-0.1, -0.05) is 11.6 Å². The normalized spacial score (nSPS) is 17.5. The van der Waals surface area contributed by atoms with E-state index in [0.717, 1.165) is 38.3 Å². The molecule has 2 aromatic carbocycles. The van der Waals surface area contributed by atoms with E-state index in [-0.39, 0.29) is 11.8 Å². The Morgan fingerprint density at radius 3 is 2.47 bits per heavy atom. The lowest BCUT2D eigenvalue weighted by Crippen LogP contribution is -3.14. The van der Waals surface area contributed by atoms with E-state index in [4.69, 9.17) is 11.6 Å². The van der Waals surface area contributed by atoms with Crippen molar-refractivity contribution in [1.29, 1.82) is 0 Å². The van der Waals surface area contributed by atoms with E-state index in [1.54, 1.807) is 28.0 Å². The molecular weight excluding hydrogens is 400 g/mol. The Morgan fingerprint density at radius 1 is 1.10 bits per heavy atom. The molecule has 2 aliphatic rings.